The summed E-state index contributed by atoms with van der Waals surface area (Å²) in [6.07, 6.45) is 2.35. The molecule has 0 amide bonds. The Kier molecular flexibility index (Phi) is 6.10. The van der Waals surface area contributed by atoms with Gasteiger partial charge in [-0.25, -0.2) is 0 Å². The molecule has 0 spiro atoms. The van der Waals surface area contributed by atoms with Crippen LogP contribution in [0.3, 0.4) is 0 Å². The first-order chi connectivity index (χ1) is 12.6. The number of rotatable bonds is 1. The molecular formula is C24H18Cl3HfSi-3. The maximum atomic E-state index is 7.05. The zero-order valence-electron chi connectivity index (χ0n) is 16.1. The second-order valence-corrected chi connectivity index (χ2v) is 13.2. The zero-order chi connectivity index (χ0) is 17.6. The van der Waals surface area contributed by atoms with Crippen LogP contribution < -0.4 is 35.2 Å². The summed E-state index contributed by atoms with van der Waals surface area (Å²) in [5.41, 5.74) is 5.70. The van der Waals surface area contributed by atoms with Gasteiger partial charge in [0.15, 0.2) is 0 Å². The molecule has 0 saturated carbocycles. The van der Waals surface area contributed by atoms with Crippen molar-refractivity contribution in [1.29, 1.82) is 0 Å². The monoisotopic (exact) mass is 619 g/mol. The SMILES string of the molecule is CC1=Cc2ccccc2C1c1c2c(cc3c1[cH-]c1ccccc13)[Si]2(C)Cl.[Cl-].[Cl-].[Hf]. The number of hydrogen-bond donors (Lipinski definition) is 0. The van der Waals surface area contributed by atoms with E-state index in [1.807, 2.05) is 0 Å². The molecule has 0 N–H and O–H groups in total. The maximum absolute atomic E-state index is 7.05. The standard InChI is InChI=1S/C24H18ClSi.2ClH.Hf/c1-14-11-15-7-4-6-10-18(15)22(14)23-20-12-16-8-3-5-9-17(16)19(20)13-21-24(23)26(21,2)25;;;/h3-13,22H,1-2H3;2*1H;/q-1;;;/p-2. The molecule has 4 aromatic rings. The van der Waals surface area contributed by atoms with E-state index < -0.39 is 7.38 Å². The first-order valence-corrected chi connectivity index (χ1v) is 12.7. The third kappa shape index (κ3) is 3.06. The Bertz CT molecular complexity index is 1290. The van der Waals surface area contributed by atoms with Gasteiger partial charge in [0.1, 0.15) is 0 Å². The predicted molar refractivity (Wildman–Crippen MR) is 116 cm³/mol. The molecule has 1 heterocycles. The average molecular weight is 619 g/mol. The third-order valence-electron chi connectivity index (χ3n) is 6.31. The topological polar surface area (TPSA) is 0 Å². The summed E-state index contributed by atoms with van der Waals surface area (Å²) in [4.78, 5) is 0. The molecule has 0 fully saturated rings. The minimum absolute atomic E-state index is 0. The summed E-state index contributed by atoms with van der Waals surface area (Å²) >= 11 is 7.05. The summed E-state index contributed by atoms with van der Waals surface area (Å²) in [5.74, 6) is 0.341. The van der Waals surface area contributed by atoms with E-state index in [-0.39, 0.29) is 50.7 Å². The van der Waals surface area contributed by atoms with Crippen LogP contribution in [0.25, 0.3) is 27.6 Å². The number of fused-ring (bicyclic) bond motifs is 5. The van der Waals surface area contributed by atoms with E-state index in [0.29, 0.717) is 5.92 Å². The molecule has 4 aromatic carbocycles. The smallest absolute Gasteiger partial charge is 0.205 e. The van der Waals surface area contributed by atoms with Gasteiger partial charge in [0, 0.05) is 31.8 Å². The van der Waals surface area contributed by atoms with Gasteiger partial charge in [0.2, 0.25) is 7.38 Å². The predicted octanol–water partition coefficient (Wildman–Crippen LogP) is -0.492. The molecule has 0 saturated heterocycles. The van der Waals surface area contributed by atoms with Gasteiger partial charge < -0.3 is 24.8 Å². The Balaban J connectivity index is 0.000000801. The van der Waals surface area contributed by atoms with Gasteiger partial charge in [-0.1, -0.05) is 76.1 Å². The van der Waals surface area contributed by atoms with E-state index in [0.717, 1.165) is 0 Å². The van der Waals surface area contributed by atoms with Crippen LogP contribution in [0.2, 0.25) is 6.55 Å². The first kappa shape index (κ1) is 22.9. The van der Waals surface area contributed by atoms with Crippen molar-refractivity contribution in [1.82, 2.24) is 0 Å². The number of halogens is 3. The molecular weight excluding hydrogens is 601 g/mol. The summed E-state index contributed by atoms with van der Waals surface area (Å²) in [7, 11) is -1.90. The molecule has 0 bridgehead atoms. The molecule has 0 nitrogen and oxygen atoms in total. The molecule has 1 aliphatic carbocycles. The van der Waals surface area contributed by atoms with Gasteiger partial charge in [-0.05, 0) is 24.6 Å². The van der Waals surface area contributed by atoms with Crippen LogP contribution in [0, 0.1) is 0 Å². The molecule has 2 unspecified atom stereocenters. The number of hydrogen-bond acceptors (Lipinski definition) is 0. The minimum atomic E-state index is -1.90. The first-order valence-electron chi connectivity index (χ1n) is 9.19. The van der Waals surface area contributed by atoms with Crippen LogP contribution in [-0.4, -0.2) is 7.38 Å². The van der Waals surface area contributed by atoms with Crippen molar-refractivity contribution in [2.45, 2.75) is 19.4 Å². The number of benzene rings is 3. The van der Waals surface area contributed by atoms with E-state index in [4.69, 9.17) is 11.1 Å². The van der Waals surface area contributed by atoms with Gasteiger partial charge in [0.25, 0.3) is 0 Å². The van der Waals surface area contributed by atoms with Gasteiger partial charge in [-0.2, -0.15) is 11.1 Å². The molecule has 0 aromatic heterocycles. The second kappa shape index (κ2) is 7.73. The minimum Gasteiger partial charge on any atom is -1.00 e. The van der Waals surface area contributed by atoms with Crippen LogP contribution in [0.15, 0.2) is 66.2 Å². The van der Waals surface area contributed by atoms with Gasteiger partial charge >= 0.3 is 0 Å². The van der Waals surface area contributed by atoms with Crippen LogP contribution in [0.1, 0.15) is 29.5 Å². The van der Waals surface area contributed by atoms with Crippen LogP contribution in [-0.2, 0) is 25.8 Å². The van der Waals surface area contributed by atoms with E-state index in [9.17, 15) is 0 Å². The summed E-state index contributed by atoms with van der Waals surface area (Å²) < 4.78 is 0. The Morgan fingerprint density at radius 1 is 0.966 bits per heavy atom. The zero-order valence-corrected chi connectivity index (χ0v) is 22.9. The Labute approximate surface area is 208 Å². The Hall–Kier alpha value is -0.773. The summed E-state index contributed by atoms with van der Waals surface area (Å²) in [6.45, 7) is 4.55. The fourth-order valence-corrected chi connectivity index (χ4v) is 8.92. The molecule has 6 rings (SSSR count). The van der Waals surface area contributed by atoms with Crippen molar-refractivity contribution in [3.05, 3.63) is 82.9 Å². The van der Waals surface area contributed by atoms with E-state index >= 15 is 0 Å². The summed E-state index contributed by atoms with van der Waals surface area (Å²) in [6, 6.07) is 22.3. The maximum Gasteiger partial charge on any atom is 0.205 e. The molecule has 29 heavy (non-hydrogen) atoms. The molecule has 5 heteroatoms. The fraction of sp³-hybridized carbons (Fsp3) is 0.125. The Morgan fingerprint density at radius 2 is 1.66 bits per heavy atom. The summed E-state index contributed by atoms with van der Waals surface area (Å²) in [5, 5.41) is 8.39. The van der Waals surface area contributed by atoms with Crippen molar-refractivity contribution >= 4 is 56.5 Å². The van der Waals surface area contributed by atoms with Gasteiger partial charge in [-0.3, -0.25) is 0 Å². The van der Waals surface area contributed by atoms with Crippen molar-refractivity contribution in [2.75, 3.05) is 0 Å². The van der Waals surface area contributed by atoms with Crippen molar-refractivity contribution < 1.29 is 50.7 Å². The van der Waals surface area contributed by atoms with E-state index in [1.165, 1.54) is 54.2 Å². The van der Waals surface area contributed by atoms with Crippen LogP contribution in [0.5, 0.6) is 0 Å². The quantitative estimate of drug-likeness (QED) is 0.154. The Morgan fingerprint density at radius 3 is 2.45 bits per heavy atom. The largest absolute Gasteiger partial charge is 1.00 e. The van der Waals surface area contributed by atoms with Gasteiger partial charge in [-0.15, -0.1) is 33.7 Å². The average Bonchev–Trinajstić information content (AvgIpc) is 2.95. The van der Waals surface area contributed by atoms with Crippen molar-refractivity contribution in [3.8, 4) is 0 Å². The second-order valence-electron chi connectivity index (χ2n) is 7.86. The molecule has 0 radical (unpaired) electrons. The number of allylic oxidation sites excluding steroid dienone is 1. The van der Waals surface area contributed by atoms with E-state index in [1.54, 1.807) is 0 Å². The van der Waals surface area contributed by atoms with Gasteiger partial charge in [0.05, 0.1) is 0 Å². The molecule has 146 valence electrons. The third-order valence-corrected chi connectivity index (χ3v) is 10.1. The molecule has 1 aliphatic heterocycles. The van der Waals surface area contributed by atoms with Crippen molar-refractivity contribution in [3.63, 3.8) is 0 Å². The fourth-order valence-electron chi connectivity index (χ4n) is 5.05. The normalized spacial score (nSPS) is 20.8. The molecule has 2 atom stereocenters. The van der Waals surface area contributed by atoms with Crippen molar-refractivity contribution in [2.24, 2.45) is 0 Å². The van der Waals surface area contributed by atoms with E-state index in [2.05, 4.69) is 80.2 Å². The van der Waals surface area contributed by atoms with Crippen LogP contribution >= 0.6 is 11.1 Å². The van der Waals surface area contributed by atoms with Crippen LogP contribution in [0.4, 0.5) is 0 Å². The molecule has 2 aliphatic rings.